The molecule has 6 amide bonds. The summed E-state index contributed by atoms with van der Waals surface area (Å²) >= 11 is 0. The quantitative estimate of drug-likeness (QED) is 0.0325. The highest BCUT2D eigenvalue weighted by atomic mass is 16.4. The van der Waals surface area contributed by atoms with Crippen LogP contribution < -0.4 is 47.9 Å². The lowest BCUT2D eigenvalue weighted by molar-refractivity contribution is -0.142. The van der Waals surface area contributed by atoms with Crippen LogP contribution in [0.1, 0.15) is 121 Å². The van der Waals surface area contributed by atoms with Gasteiger partial charge in [0.25, 0.3) is 0 Å². The molecule has 34 nitrogen and oxygen atoms in total. The van der Waals surface area contributed by atoms with Crippen LogP contribution in [-0.4, -0.2) is 267 Å². The Balaban J connectivity index is 1.63. The number of anilines is 4. The van der Waals surface area contributed by atoms with E-state index in [9.17, 15) is 88.2 Å². The smallest absolute Gasteiger partial charge is 0.326 e. The van der Waals surface area contributed by atoms with Gasteiger partial charge in [-0.2, -0.15) is 15.0 Å². The lowest BCUT2D eigenvalue weighted by Gasteiger charge is -2.37. The maximum atomic E-state index is 12.5. The Kier molecular flexibility index (Phi) is 39.7. The van der Waals surface area contributed by atoms with E-state index >= 15 is 0 Å². The van der Waals surface area contributed by atoms with E-state index in [2.05, 4.69) is 62.8 Å². The van der Waals surface area contributed by atoms with E-state index in [0.717, 1.165) is 56.9 Å². The molecule has 1 saturated heterocycles. The van der Waals surface area contributed by atoms with Crippen molar-refractivity contribution in [3.63, 3.8) is 0 Å². The van der Waals surface area contributed by atoms with E-state index in [-0.39, 0.29) is 116 Å². The van der Waals surface area contributed by atoms with Crippen LogP contribution in [0.15, 0.2) is 24.3 Å². The van der Waals surface area contributed by atoms with Gasteiger partial charge in [0.05, 0.1) is 39.3 Å². The Morgan fingerprint density at radius 2 is 0.851 bits per heavy atom. The van der Waals surface area contributed by atoms with Gasteiger partial charge in [-0.1, -0.05) is 50.7 Å². The summed E-state index contributed by atoms with van der Waals surface area (Å²) < 4.78 is 0. The number of rotatable bonds is 48. The number of nitrogens with one attached hydrogen (secondary N) is 9. The third-order valence-corrected chi connectivity index (χ3v) is 15.0. The number of carboxylic acid groups (broad SMARTS) is 6. The molecule has 1 aromatic carbocycles. The molecule has 0 aliphatic carbocycles. The Hall–Kier alpha value is -8.89. The minimum Gasteiger partial charge on any atom is -0.480 e. The largest absolute Gasteiger partial charge is 0.480 e. The summed E-state index contributed by atoms with van der Waals surface area (Å²) in [5.41, 5.74) is 1.37. The van der Waals surface area contributed by atoms with Crippen molar-refractivity contribution in [1.29, 1.82) is 0 Å². The van der Waals surface area contributed by atoms with Gasteiger partial charge < -0.3 is 88.1 Å². The number of unbranched alkanes of at least 4 members (excludes halogenated alkanes) is 10. The summed E-state index contributed by atoms with van der Waals surface area (Å²) in [6.45, 7) is 0.850. The Bertz CT molecular complexity index is 2600. The maximum Gasteiger partial charge on any atom is 0.326 e. The molecule has 3 unspecified atom stereocenters. The van der Waals surface area contributed by atoms with Crippen molar-refractivity contribution >= 4 is 95.8 Å². The zero-order valence-corrected chi connectivity index (χ0v) is 53.4. The van der Waals surface area contributed by atoms with Crippen LogP contribution in [0.3, 0.4) is 0 Å². The minimum atomic E-state index is -1.20. The van der Waals surface area contributed by atoms with Crippen molar-refractivity contribution in [2.24, 2.45) is 0 Å². The molecule has 15 N–H and O–H groups in total. The van der Waals surface area contributed by atoms with Crippen molar-refractivity contribution in [1.82, 2.24) is 66.5 Å². The fourth-order valence-corrected chi connectivity index (χ4v) is 10.1. The number of nitrogens with zero attached hydrogens (tertiary/aromatic N) is 7. The fourth-order valence-electron chi connectivity index (χ4n) is 10.1. The average molecular weight is 1330 g/mol. The molecule has 2 aromatic rings. The van der Waals surface area contributed by atoms with Crippen LogP contribution in [0.2, 0.25) is 0 Å². The molecule has 1 aromatic heterocycles. The third kappa shape index (κ3) is 37.6. The average Bonchev–Trinajstić information content (AvgIpc) is 0.990. The molecule has 1 aliphatic heterocycles. The van der Waals surface area contributed by atoms with E-state index in [0.29, 0.717) is 108 Å². The van der Waals surface area contributed by atoms with Gasteiger partial charge in [-0.3, -0.25) is 48.4 Å². The van der Waals surface area contributed by atoms with Crippen molar-refractivity contribution in [2.75, 3.05) is 127 Å². The highest BCUT2D eigenvalue weighted by Gasteiger charge is 2.28. The highest BCUT2D eigenvalue weighted by molar-refractivity contribution is 5.84. The molecular weight excluding hydrogens is 1230 g/mol. The summed E-state index contributed by atoms with van der Waals surface area (Å²) in [4.78, 5) is 161. The zero-order valence-electron chi connectivity index (χ0n) is 53.4. The molecule has 0 radical (unpaired) electrons. The number of hydrogen-bond donors (Lipinski definition) is 15. The topological polar surface area (TPSA) is 486 Å². The molecule has 1 aliphatic rings. The Labute approximate surface area is 545 Å². The van der Waals surface area contributed by atoms with Crippen molar-refractivity contribution < 1.29 is 88.2 Å². The second-order valence-electron chi connectivity index (χ2n) is 22.7. The third-order valence-electron chi connectivity index (χ3n) is 15.0. The van der Waals surface area contributed by atoms with Gasteiger partial charge in [0.2, 0.25) is 29.7 Å². The van der Waals surface area contributed by atoms with Crippen LogP contribution in [0.5, 0.6) is 0 Å². The van der Waals surface area contributed by atoms with E-state index in [1.807, 2.05) is 12.1 Å². The van der Waals surface area contributed by atoms with Crippen LogP contribution in [-0.2, 0) is 54.4 Å². The molecule has 0 spiro atoms. The number of aromatic nitrogens is 3. The highest BCUT2D eigenvalue weighted by Crippen LogP contribution is 2.20. The van der Waals surface area contributed by atoms with Crippen LogP contribution in [0.25, 0.3) is 0 Å². The summed E-state index contributed by atoms with van der Waals surface area (Å²) in [5.74, 6) is -6.24. The van der Waals surface area contributed by atoms with Gasteiger partial charge in [0, 0.05) is 96.6 Å². The standard InChI is InChI=1S/C60H96N16O18/c77-35-27-65-59(93)68-46(54(89)90)15-9-13-23-61-48(79)17-7-3-1-5-11-25-63-56-70-57(64-26-12-6-2-4-8-18-49(80)62-24-14-10-16-47(55(91)92)69-60(94)66-28-36-78)72-58(71-56)67-44-21-19-43(20-22-44)37-45-38-75(41-52(85)86)32-31-73(39-50(81)82)29-30-74(40-51(83)84)33-34-76(45)42-53(87)88/h19-22,35-36,45-47H,1-18,23-34,37-42H2,(H,61,79)(H,62,80)(H,81,82)(H,83,84)(H,85,86)(H,87,88)(H,89,90)(H,91,92)(H2,65,68,93)(H2,66,69,94)(H3,63,64,67,70,71,72). The number of aldehydes is 2. The molecule has 34 heteroatoms. The van der Waals surface area contributed by atoms with Crippen molar-refractivity contribution in [3.8, 4) is 0 Å². The number of carboxylic acids is 6. The predicted octanol–water partition coefficient (Wildman–Crippen LogP) is 1.07. The molecule has 0 bridgehead atoms. The normalized spacial score (nSPS) is 14.9. The monoisotopic (exact) mass is 1330 g/mol. The number of hydrogen-bond acceptors (Lipinski definition) is 22. The lowest BCUT2D eigenvalue weighted by atomic mass is 10.0. The number of amides is 6. The first-order valence-corrected chi connectivity index (χ1v) is 32.0. The molecule has 1 fully saturated rings. The molecule has 3 atom stereocenters. The van der Waals surface area contributed by atoms with E-state index in [1.165, 1.54) is 0 Å². The Morgan fingerprint density at radius 1 is 0.457 bits per heavy atom. The first-order valence-electron chi connectivity index (χ1n) is 32.0. The zero-order chi connectivity index (χ0) is 68.9. The summed E-state index contributed by atoms with van der Waals surface area (Å²) in [5, 5.41) is 82.6. The van der Waals surface area contributed by atoms with Crippen molar-refractivity contribution in [2.45, 2.75) is 140 Å². The van der Waals surface area contributed by atoms with E-state index in [4.69, 9.17) is 0 Å². The SMILES string of the molecule is O=CCNC(=O)NC(CCCCNC(=O)CCCCCCCNc1nc(NCCCCCCCC(=O)NCCCCC(NC(=O)NCC=O)C(=O)O)nc(Nc2ccc(CC3CN(CC(=O)O)CCN(CC(=O)O)CCN(CC(=O)O)CCN3CC(=O)O)cc2)n1)C(=O)O. The van der Waals surface area contributed by atoms with Gasteiger partial charge in [-0.25, -0.2) is 19.2 Å². The predicted molar refractivity (Wildman–Crippen MR) is 343 cm³/mol. The summed E-state index contributed by atoms with van der Waals surface area (Å²) in [7, 11) is 0. The number of benzene rings is 1. The first-order chi connectivity index (χ1) is 45.1. The lowest BCUT2D eigenvalue weighted by Crippen LogP contribution is -2.53. The van der Waals surface area contributed by atoms with E-state index < -0.39 is 72.5 Å². The van der Waals surface area contributed by atoms with Gasteiger partial charge in [0.1, 0.15) is 24.7 Å². The molecule has 2 heterocycles. The van der Waals surface area contributed by atoms with Gasteiger partial charge in [0.15, 0.2) is 0 Å². The van der Waals surface area contributed by atoms with Crippen LogP contribution in [0.4, 0.5) is 33.1 Å². The molecule has 3 rings (SSSR count). The second-order valence-corrected chi connectivity index (χ2v) is 22.7. The van der Waals surface area contributed by atoms with Gasteiger partial charge >= 0.3 is 47.9 Å². The van der Waals surface area contributed by atoms with Gasteiger partial charge in [-0.15, -0.1) is 0 Å². The number of carbonyl (C=O) groups is 12. The van der Waals surface area contributed by atoms with Crippen molar-refractivity contribution in [3.05, 3.63) is 29.8 Å². The number of aliphatic carboxylic acids is 6. The summed E-state index contributed by atoms with van der Waals surface area (Å²) in [6.07, 6.45) is 12.0. The minimum absolute atomic E-state index is 0.104. The molecular formula is C60H96N16O18. The first kappa shape index (κ1) is 79.3. The summed E-state index contributed by atoms with van der Waals surface area (Å²) in [6, 6.07) is 2.92. The van der Waals surface area contributed by atoms with E-state index in [1.54, 1.807) is 31.7 Å². The van der Waals surface area contributed by atoms with Gasteiger partial charge in [-0.05, 0) is 88.3 Å². The fraction of sp³-hybridized carbons (Fsp3) is 0.650. The van der Waals surface area contributed by atoms with Crippen LogP contribution in [0, 0.1) is 0 Å². The number of carbonyl (C=O) groups excluding carboxylic acids is 6. The van der Waals surface area contributed by atoms with Crippen LogP contribution >= 0.6 is 0 Å². The maximum absolute atomic E-state index is 12.5. The number of urea groups is 2. The second kappa shape index (κ2) is 47.1. The Morgan fingerprint density at radius 3 is 1.29 bits per heavy atom. The molecule has 0 saturated carbocycles. The molecule has 524 valence electrons. The molecule has 94 heavy (non-hydrogen) atoms.